The minimum absolute atomic E-state index is 0.472. The summed E-state index contributed by atoms with van der Waals surface area (Å²) >= 11 is 0. The first-order valence-corrected chi connectivity index (χ1v) is 7.30. The molecule has 0 amide bonds. The van der Waals surface area contributed by atoms with Crippen LogP contribution in [-0.2, 0) is 21.0 Å². The first-order valence-electron chi connectivity index (χ1n) is 7.30. The van der Waals surface area contributed by atoms with Crippen molar-refractivity contribution in [3.05, 3.63) is 71.8 Å². The first-order chi connectivity index (χ1) is 10.5. The molecule has 2 rings (SSSR count). The molecule has 4 nitrogen and oxygen atoms in total. The molecule has 2 aromatic carbocycles. The van der Waals surface area contributed by atoms with E-state index in [1.807, 2.05) is 74.5 Å². The molecule has 118 valence electrons. The molecule has 0 aliphatic heterocycles. The fourth-order valence-corrected chi connectivity index (χ4v) is 2.54. The lowest BCUT2D eigenvalue weighted by atomic mass is 9.83. The van der Waals surface area contributed by atoms with E-state index < -0.39 is 11.2 Å². The van der Waals surface area contributed by atoms with Crippen molar-refractivity contribution < 1.29 is 20.3 Å². The van der Waals surface area contributed by atoms with Crippen LogP contribution in [-0.4, -0.2) is 10.5 Å². The molecule has 2 aromatic rings. The van der Waals surface area contributed by atoms with Crippen molar-refractivity contribution in [3.8, 4) is 0 Å². The predicted molar refractivity (Wildman–Crippen MR) is 84.2 cm³/mol. The summed E-state index contributed by atoms with van der Waals surface area (Å²) < 4.78 is 0. The Balaban J connectivity index is 2.18. The summed E-state index contributed by atoms with van der Waals surface area (Å²) in [6.07, 6.45) is 0.943. The summed E-state index contributed by atoms with van der Waals surface area (Å²) in [5.74, 6) is 0. The molecule has 0 heterocycles. The van der Waals surface area contributed by atoms with Gasteiger partial charge in [-0.1, -0.05) is 60.7 Å². The molecular formula is C18H22O4. The molecule has 0 aliphatic rings. The molecule has 0 aromatic heterocycles. The van der Waals surface area contributed by atoms with Crippen LogP contribution in [0.1, 0.15) is 37.8 Å². The maximum Gasteiger partial charge on any atom is 0.125 e. The van der Waals surface area contributed by atoms with Crippen LogP contribution in [0.15, 0.2) is 60.7 Å². The Morgan fingerprint density at radius 3 is 1.27 bits per heavy atom. The number of hydrogen-bond acceptors (Lipinski definition) is 4. The Kier molecular flexibility index (Phi) is 5.32. The Hall–Kier alpha value is -1.72. The largest absolute Gasteiger partial charge is 0.251 e. The molecule has 2 atom stereocenters. The molecule has 0 aliphatic carbocycles. The van der Waals surface area contributed by atoms with Crippen LogP contribution in [0.5, 0.6) is 0 Å². The van der Waals surface area contributed by atoms with Gasteiger partial charge in [-0.3, -0.25) is 10.5 Å². The summed E-state index contributed by atoms with van der Waals surface area (Å²) in [6.45, 7) is 3.62. The molecule has 0 saturated heterocycles. The van der Waals surface area contributed by atoms with Gasteiger partial charge in [0.1, 0.15) is 11.2 Å². The Morgan fingerprint density at radius 2 is 1.00 bits per heavy atom. The Bertz CT molecular complexity index is 519. The zero-order chi connectivity index (χ0) is 16.1. The van der Waals surface area contributed by atoms with Crippen molar-refractivity contribution in [2.45, 2.75) is 37.9 Å². The van der Waals surface area contributed by atoms with Gasteiger partial charge in [0.2, 0.25) is 0 Å². The van der Waals surface area contributed by atoms with Gasteiger partial charge >= 0.3 is 0 Å². The van der Waals surface area contributed by atoms with Gasteiger partial charge in [0.25, 0.3) is 0 Å². The number of rotatable bonds is 7. The average Bonchev–Trinajstić information content (AvgIpc) is 2.61. The lowest BCUT2D eigenvalue weighted by Gasteiger charge is -2.32. The SMILES string of the molecule is CC(CCC(C)(OO)c1ccccc1)(OO)c1ccccc1. The minimum Gasteiger partial charge on any atom is -0.251 e. The zero-order valence-corrected chi connectivity index (χ0v) is 12.9. The maximum absolute atomic E-state index is 9.38. The Morgan fingerprint density at radius 1 is 0.682 bits per heavy atom. The fourth-order valence-electron chi connectivity index (χ4n) is 2.54. The summed E-state index contributed by atoms with van der Waals surface area (Å²) in [4.78, 5) is 9.52. The second-order valence-corrected chi connectivity index (χ2v) is 5.88. The molecule has 4 heteroatoms. The molecular weight excluding hydrogens is 280 g/mol. The summed E-state index contributed by atoms with van der Waals surface area (Å²) in [7, 11) is 0. The lowest BCUT2D eigenvalue weighted by Crippen LogP contribution is -2.31. The fraction of sp³-hybridized carbons (Fsp3) is 0.333. The second kappa shape index (κ2) is 7.03. The molecule has 2 unspecified atom stereocenters. The van der Waals surface area contributed by atoms with Gasteiger partial charge in [-0.15, -0.1) is 0 Å². The third-order valence-corrected chi connectivity index (χ3v) is 4.25. The van der Waals surface area contributed by atoms with E-state index in [1.54, 1.807) is 0 Å². The van der Waals surface area contributed by atoms with Gasteiger partial charge in [0.15, 0.2) is 0 Å². The molecule has 22 heavy (non-hydrogen) atoms. The molecule has 2 N–H and O–H groups in total. The highest BCUT2D eigenvalue weighted by atomic mass is 17.1. The summed E-state index contributed by atoms with van der Waals surface area (Å²) in [5, 5.41) is 18.8. The van der Waals surface area contributed by atoms with Crippen LogP contribution in [0, 0.1) is 0 Å². The first kappa shape index (κ1) is 16.6. The summed E-state index contributed by atoms with van der Waals surface area (Å²) in [5.41, 5.74) is 0.00256. The molecule has 0 radical (unpaired) electrons. The molecule has 0 saturated carbocycles. The smallest absolute Gasteiger partial charge is 0.125 e. The van der Waals surface area contributed by atoms with Gasteiger partial charge in [0.05, 0.1) is 0 Å². The highest BCUT2D eigenvalue weighted by molar-refractivity contribution is 5.24. The third-order valence-electron chi connectivity index (χ3n) is 4.25. The third kappa shape index (κ3) is 3.54. The van der Waals surface area contributed by atoms with Crippen molar-refractivity contribution in [2.75, 3.05) is 0 Å². The lowest BCUT2D eigenvalue weighted by molar-refractivity contribution is -0.344. The van der Waals surface area contributed by atoms with Gasteiger partial charge in [-0.05, 0) is 37.8 Å². The normalized spacial score (nSPS) is 16.7. The highest BCUT2D eigenvalue weighted by Gasteiger charge is 2.35. The van der Waals surface area contributed by atoms with Crippen LogP contribution in [0.3, 0.4) is 0 Å². The predicted octanol–water partition coefficient (Wildman–Crippen LogP) is 4.58. The van der Waals surface area contributed by atoms with E-state index in [1.165, 1.54) is 0 Å². The minimum atomic E-state index is -0.865. The van der Waals surface area contributed by atoms with E-state index in [4.69, 9.17) is 9.78 Å². The standard InChI is InChI=1S/C18H22O4/c1-17(21-19,15-9-5-3-6-10-15)13-14-18(2,22-20)16-11-7-4-8-12-16/h3-12,19-20H,13-14H2,1-2H3. The van der Waals surface area contributed by atoms with Crippen molar-refractivity contribution in [2.24, 2.45) is 0 Å². The van der Waals surface area contributed by atoms with Gasteiger partial charge in [-0.2, -0.15) is 0 Å². The maximum atomic E-state index is 9.38. The highest BCUT2D eigenvalue weighted by Crippen LogP contribution is 2.37. The van der Waals surface area contributed by atoms with Crippen molar-refractivity contribution in [3.63, 3.8) is 0 Å². The quantitative estimate of drug-likeness (QED) is 0.580. The van der Waals surface area contributed by atoms with Gasteiger partial charge in [-0.25, -0.2) is 9.78 Å². The van der Waals surface area contributed by atoms with Crippen LogP contribution in [0.25, 0.3) is 0 Å². The van der Waals surface area contributed by atoms with E-state index in [-0.39, 0.29) is 0 Å². The van der Waals surface area contributed by atoms with Crippen LogP contribution in [0.4, 0.5) is 0 Å². The van der Waals surface area contributed by atoms with E-state index >= 15 is 0 Å². The Labute approximate surface area is 130 Å². The molecule has 0 spiro atoms. The zero-order valence-electron chi connectivity index (χ0n) is 12.9. The van der Waals surface area contributed by atoms with E-state index in [0.717, 1.165) is 11.1 Å². The molecule has 0 bridgehead atoms. The monoisotopic (exact) mass is 302 g/mol. The average molecular weight is 302 g/mol. The summed E-state index contributed by atoms with van der Waals surface area (Å²) in [6, 6.07) is 19.0. The second-order valence-electron chi connectivity index (χ2n) is 5.88. The van der Waals surface area contributed by atoms with Crippen molar-refractivity contribution in [1.29, 1.82) is 0 Å². The van der Waals surface area contributed by atoms with Gasteiger partial charge < -0.3 is 0 Å². The number of benzene rings is 2. The van der Waals surface area contributed by atoms with E-state index in [0.29, 0.717) is 12.8 Å². The van der Waals surface area contributed by atoms with E-state index in [2.05, 4.69) is 0 Å². The number of hydrogen-bond donors (Lipinski definition) is 2. The topological polar surface area (TPSA) is 58.9 Å². The molecule has 0 fully saturated rings. The van der Waals surface area contributed by atoms with Crippen LogP contribution >= 0.6 is 0 Å². The van der Waals surface area contributed by atoms with E-state index in [9.17, 15) is 10.5 Å². The van der Waals surface area contributed by atoms with Crippen molar-refractivity contribution in [1.82, 2.24) is 0 Å². The van der Waals surface area contributed by atoms with Gasteiger partial charge in [0, 0.05) is 0 Å². The van der Waals surface area contributed by atoms with Crippen LogP contribution in [0.2, 0.25) is 0 Å². The van der Waals surface area contributed by atoms with Crippen LogP contribution < -0.4 is 0 Å². The van der Waals surface area contributed by atoms with Crippen molar-refractivity contribution >= 4 is 0 Å².